The Labute approximate surface area is 93.6 Å². The van der Waals surface area contributed by atoms with Crippen LogP contribution in [-0.2, 0) is 4.79 Å². The van der Waals surface area contributed by atoms with Crippen molar-refractivity contribution in [2.75, 3.05) is 5.75 Å². The lowest BCUT2D eigenvalue weighted by Gasteiger charge is -2.08. The Hall–Kier alpha value is -0.670. The molecule has 0 bridgehead atoms. The van der Waals surface area contributed by atoms with E-state index in [9.17, 15) is 4.79 Å². The van der Waals surface area contributed by atoms with E-state index < -0.39 is 0 Å². The maximum Gasteiger partial charge on any atom is 0.321 e. The number of carbonyl (C=O) groups is 1. The van der Waals surface area contributed by atoms with Crippen molar-refractivity contribution in [3.63, 3.8) is 0 Å². The maximum absolute atomic E-state index is 11.0. The van der Waals surface area contributed by atoms with Crippen molar-refractivity contribution < 1.29 is 9.53 Å². The largest absolute Gasteiger partial charge is 0.426 e. The van der Waals surface area contributed by atoms with Crippen LogP contribution in [0.3, 0.4) is 0 Å². The third kappa shape index (κ3) is 2.66. The predicted octanol–water partition coefficient (Wildman–Crippen LogP) is 2.79. The summed E-state index contributed by atoms with van der Waals surface area (Å²) >= 11 is 9.73. The summed E-state index contributed by atoms with van der Waals surface area (Å²) in [6.45, 7) is 3.70. The van der Waals surface area contributed by atoms with E-state index in [1.807, 2.05) is 13.8 Å². The van der Waals surface area contributed by atoms with Gasteiger partial charge in [-0.1, -0.05) is 11.6 Å². The molecule has 0 fully saturated rings. The zero-order chi connectivity index (χ0) is 10.7. The van der Waals surface area contributed by atoms with Gasteiger partial charge in [-0.25, -0.2) is 0 Å². The summed E-state index contributed by atoms with van der Waals surface area (Å²) in [5.74, 6) is 0.255. The van der Waals surface area contributed by atoms with Gasteiger partial charge in [0.25, 0.3) is 0 Å². The number of carbonyl (C=O) groups excluding carboxylic acids is 1. The van der Waals surface area contributed by atoms with Crippen LogP contribution >= 0.6 is 24.2 Å². The monoisotopic (exact) mass is 230 g/mol. The SMILES string of the molecule is Cc1cc(OC(=O)CS)c(C)cc1Cl. The number of hydrogen-bond acceptors (Lipinski definition) is 3. The first-order valence-electron chi connectivity index (χ1n) is 4.13. The van der Waals surface area contributed by atoms with Gasteiger partial charge >= 0.3 is 5.97 Å². The van der Waals surface area contributed by atoms with Gasteiger partial charge < -0.3 is 4.74 Å². The lowest BCUT2D eigenvalue weighted by Crippen LogP contribution is -2.10. The fourth-order valence-corrected chi connectivity index (χ4v) is 1.30. The molecule has 0 spiro atoms. The Morgan fingerprint density at radius 1 is 1.43 bits per heavy atom. The number of thiol groups is 1. The highest BCUT2D eigenvalue weighted by Crippen LogP contribution is 2.25. The van der Waals surface area contributed by atoms with Crippen LogP contribution in [0.1, 0.15) is 11.1 Å². The van der Waals surface area contributed by atoms with Crippen molar-refractivity contribution in [3.05, 3.63) is 28.3 Å². The highest BCUT2D eigenvalue weighted by molar-refractivity contribution is 7.81. The summed E-state index contributed by atoms with van der Waals surface area (Å²) in [4.78, 5) is 11.0. The first-order chi connectivity index (χ1) is 6.54. The average Bonchev–Trinajstić information content (AvgIpc) is 2.14. The number of halogens is 1. The summed E-state index contributed by atoms with van der Waals surface area (Å²) in [5.41, 5.74) is 1.73. The number of esters is 1. The molecule has 0 N–H and O–H groups in total. The van der Waals surface area contributed by atoms with Crippen molar-refractivity contribution in [2.45, 2.75) is 13.8 Å². The van der Waals surface area contributed by atoms with E-state index in [4.69, 9.17) is 16.3 Å². The molecule has 0 aliphatic heterocycles. The Morgan fingerprint density at radius 3 is 2.64 bits per heavy atom. The zero-order valence-electron chi connectivity index (χ0n) is 8.00. The maximum atomic E-state index is 11.0. The minimum atomic E-state index is -0.363. The quantitative estimate of drug-likeness (QED) is 0.481. The minimum absolute atomic E-state index is 0.0705. The van der Waals surface area contributed by atoms with Gasteiger partial charge in [0, 0.05) is 5.02 Å². The Kier molecular flexibility index (Phi) is 3.84. The van der Waals surface area contributed by atoms with E-state index in [0.29, 0.717) is 10.8 Å². The van der Waals surface area contributed by atoms with Crippen LogP contribution in [0.4, 0.5) is 0 Å². The van der Waals surface area contributed by atoms with E-state index in [2.05, 4.69) is 12.6 Å². The average molecular weight is 231 g/mol. The molecule has 1 aromatic carbocycles. The van der Waals surface area contributed by atoms with Gasteiger partial charge in [-0.3, -0.25) is 4.79 Å². The van der Waals surface area contributed by atoms with Gasteiger partial charge in [0.1, 0.15) is 5.75 Å². The van der Waals surface area contributed by atoms with Crippen molar-refractivity contribution in [3.8, 4) is 5.75 Å². The summed E-state index contributed by atoms with van der Waals surface area (Å²) in [5, 5.41) is 0.674. The Balaban J connectivity index is 2.98. The van der Waals surface area contributed by atoms with Crippen molar-refractivity contribution in [1.29, 1.82) is 0 Å². The molecule has 2 nitrogen and oxygen atoms in total. The van der Waals surface area contributed by atoms with E-state index in [-0.39, 0.29) is 11.7 Å². The van der Waals surface area contributed by atoms with Gasteiger partial charge in [-0.15, -0.1) is 0 Å². The second-order valence-corrected chi connectivity index (χ2v) is 3.72. The van der Waals surface area contributed by atoms with Crippen LogP contribution in [-0.4, -0.2) is 11.7 Å². The summed E-state index contributed by atoms with van der Waals surface area (Å²) in [6, 6.07) is 3.52. The van der Waals surface area contributed by atoms with Crippen LogP contribution in [0.25, 0.3) is 0 Å². The van der Waals surface area contributed by atoms with Crippen molar-refractivity contribution in [2.24, 2.45) is 0 Å². The third-order valence-corrected chi connectivity index (χ3v) is 2.47. The third-order valence-electron chi connectivity index (χ3n) is 1.81. The Bertz CT molecular complexity index is 363. The van der Waals surface area contributed by atoms with E-state index >= 15 is 0 Å². The molecular formula is C10H11ClO2S. The van der Waals surface area contributed by atoms with E-state index in [1.165, 1.54) is 0 Å². The number of ether oxygens (including phenoxy) is 1. The minimum Gasteiger partial charge on any atom is -0.426 e. The second-order valence-electron chi connectivity index (χ2n) is 3.00. The van der Waals surface area contributed by atoms with Crippen LogP contribution in [0.2, 0.25) is 5.02 Å². The molecule has 14 heavy (non-hydrogen) atoms. The molecule has 1 rings (SSSR count). The van der Waals surface area contributed by atoms with Crippen LogP contribution < -0.4 is 4.74 Å². The molecule has 0 amide bonds. The van der Waals surface area contributed by atoms with Crippen LogP contribution in [0.5, 0.6) is 5.75 Å². The first-order valence-corrected chi connectivity index (χ1v) is 5.14. The number of rotatable bonds is 2. The van der Waals surface area contributed by atoms with E-state index in [1.54, 1.807) is 12.1 Å². The van der Waals surface area contributed by atoms with Gasteiger partial charge in [-0.05, 0) is 37.1 Å². The topological polar surface area (TPSA) is 26.3 Å². The zero-order valence-corrected chi connectivity index (χ0v) is 9.65. The molecule has 4 heteroatoms. The van der Waals surface area contributed by atoms with Crippen LogP contribution in [0, 0.1) is 13.8 Å². The van der Waals surface area contributed by atoms with Gasteiger partial charge in [0.2, 0.25) is 0 Å². The molecular weight excluding hydrogens is 220 g/mol. The smallest absolute Gasteiger partial charge is 0.321 e. The molecule has 0 heterocycles. The molecule has 0 saturated carbocycles. The lowest BCUT2D eigenvalue weighted by molar-refractivity contribution is -0.131. The van der Waals surface area contributed by atoms with Gasteiger partial charge in [-0.2, -0.15) is 12.6 Å². The molecule has 0 atom stereocenters. The fourth-order valence-electron chi connectivity index (χ4n) is 1.02. The Morgan fingerprint density at radius 2 is 2.07 bits per heavy atom. The summed E-state index contributed by atoms with van der Waals surface area (Å²) in [6.07, 6.45) is 0. The molecule has 0 aliphatic rings. The molecule has 76 valence electrons. The second kappa shape index (κ2) is 4.71. The number of aryl methyl sites for hydroxylation is 2. The van der Waals surface area contributed by atoms with Gasteiger partial charge in [0.05, 0.1) is 5.75 Å². The molecule has 0 aromatic heterocycles. The van der Waals surface area contributed by atoms with Crippen LogP contribution in [0.15, 0.2) is 12.1 Å². The molecule has 0 aliphatic carbocycles. The lowest BCUT2D eigenvalue weighted by atomic mass is 10.1. The molecule has 0 radical (unpaired) electrons. The predicted molar refractivity (Wildman–Crippen MR) is 60.4 cm³/mol. The molecule has 0 saturated heterocycles. The molecule has 1 aromatic rings. The van der Waals surface area contributed by atoms with Crippen molar-refractivity contribution in [1.82, 2.24) is 0 Å². The summed E-state index contributed by atoms with van der Waals surface area (Å²) in [7, 11) is 0. The fraction of sp³-hybridized carbons (Fsp3) is 0.300. The number of hydrogen-bond donors (Lipinski definition) is 1. The van der Waals surface area contributed by atoms with Gasteiger partial charge in [0.15, 0.2) is 0 Å². The summed E-state index contributed by atoms with van der Waals surface area (Å²) < 4.78 is 5.06. The molecule has 0 unspecified atom stereocenters. The van der Waals surface area contributed by atoms with Crippen molar-refractivity contribution >= 4 is 30.2 Å². The normalized spacial score (nSPS) is 10.0. The standard InChI is InChI=1S/C10H11ClO2S/c1-6-4-9(13-10(12)5-14)7(2)3-8(6)11/h3-4,14H,5H2,1-2H3. The van der Waals surface area contributed by atoms with E-state index in [0.717, 1.165) is 11.1 Å². The highest BCUT2D eigenvalue weighted by atomic mass is 35.5. The first kappa shape index (κ1) is 11.4. The highest BCUT2D eigenvalue weighted by Gasteiger charge is 2.07. The number of benzene rings is 1.